The van der Waals surface area contributed by atoms with Crippen LogP contribution in [0.25, 0.3) is 0 Å². The van der Waals surface area contributed by atoms with E-state index >= 15 is 0 Å². The van der Waals surface area contributed by atoms with Crippen LogP contribution in [0.3, 0.4) is 0 Å². The van der Waals surface area contributed by atoms with Gasteiger partial charge >= 0.3 is 0 Å². The fraction of sp³-hybridized carbons (Fsp3) is 0.500. The summed E-state index contributed by atoms with van der Waals surface area (Å²) >= 11 is 6.75. The van der Waals surface area contributed by atoms with Gasteiger partial charge in [0.25, 0.3) is 5.91 Å². The molecule has 0 aliphatic heterocycles. The van der Waals surface area contributed by atoms with E-state index in [9.17, 15) is 4.79 Å². The maximum Gasteiger partial charge on any atom is 0.252 e. The summed E-state index contributed by atoms with van der Waals surface area (Å²) in [5.74, 6) is -0.0804. The van der Waals surface area contributed by atoms with Crippen LogP contribution >= 0.6 is 31.9 Å². The molecule has 1 aromatic carbocycles. The molecular weight excluding hydrogens is 374 g/mol. The molecule has 1 fully saturated rings. The van der Waals surface area contributed by atoms with Gasteiger partial charge in [-0.25, -0.2) is 0 Å². The minimum atomic E-state index is -0.0804. The van der Waals surface area contributed by atoms with Crippen LogP contribution < -0.4 is 5.32 Å². The molecule has 1 aromatic rings. The van der Waals surface area contributed by atoms with Crippen molar-refractivity contribution in [2.75, 3.05) is 13.2 Å². The maximum absolute atomic E-state index is 12.0. The van der Waals surface area contributed by atoms with Gasteiger partial charge in [0.15, 0.2) is 0 Å². The van der Waals surface area contributed by atoms with Gasteiger partial charge in [0, 0.05) is 15.5 Å². The Morgan fingerprint density at radius 1 is 1.32 bits per heavy atom. The van der Waals surface area contributed by atoms with Gasteiger partial charge in [-0.1, -0.05) is 28.8 Å². The minimum Gasteiger partial charge on any atom is -0.376 e. The summed E-state index contributed by atoms with van der Waals surface area (Å²) in [7, 11) is 0. The van der Waals surface area contributed by atoms with E-state index in [4.69, 9.17) is 4.74 Å². The van der Waals surface area contributed by atoms with Gasteiger partial charge in [-0.2, -0.15) is 0 Å². The summed E-state index contributed by atoms with van der Waals surface area (Å²) in [6, 6.07) is 5.55. The predicted molar refractivity (Wildman–Crippen MR) is 82.4 cm³/mol. The van der Waals surface area contributed by atoms with Gasteiger partial charge < -0.3 is 10.1 Å². The average Bonchev–Trinajstić information content (AvgIpc) is 2.90. The van der Waals surface area contributed by atoms with Crippen LogP contribution in [0.2, 0.25) is 0 Å². The Morgan fingerprint density at radius 2 is 2.05 bits per heavy atom. The van der Waals surface area contributed by atoms with Crippen molar-refractivity contribution in [3.63, 3.8) is 0 Å². The third kappa shape index (κ3) is 4.58. The molecule has 0 heterocycles. The molecule has 104 valence electrons. The molecule has 1 saturated carbocycles. The first kappa shape index (κ1) is 15.0. The number of halogens is 2. The Labute approximate surface area is 130 Å². The summed E-state index contributed by atoms with van der Waals surface area (Å²) in [4.78, 5) is 12.0. The first-order valence-corrected chi connectivity index (χ1v) is 8.10. The summed E-state index contributed by atoms with van der Waals surface area (Å²) < 4.78 is 7.40. The van der Waals surface area contributed by atoms with Crippen molar-refractivity contribution in [3.8, 4) is 0 Å². The number of carbonyl (C=O) groups excluding carboxylic acids is 1. The van der Waals surface area contributed by atoms with E-state index in [1.54, 1.807) is 6.07 Å². The second kappa shape index (κ2) is 7.41. The van der Waals surface area contributed by atoms with Crippen LogP contribution in [0.15, 0.2) is 27.1 Å². The van der Waals surface area contributed by atoms with E-state index in [1.807, 2.05) is 12.1 Å². The Kier molecular flexibility index (Phi) is 5.85. The van der Waals surface area contributed by atoms with E-state index in [1.165, 1.54) is 12.8 Å². The molecule has 0 spiro atoms. The topological polar surface area (TPSA) is 38.3 Å². The standard InChI is InChI=1S/C14H17Br2NO2/c15-10-5-6-13(16)12(9-10)14(18)17-7-8-19-11-3-1-2-4-11/h5-6,9,11H,1-4,7-8H2,(H,17,18). The molecule has 0 radical (unpaired) electrons. The second-order valence-corrected chi connectivity index (χ2v) is 6.43. The number of amides is 1. The van der Waals surface area contributed by atoms with Crippen molar-refractivity contribution in [2.24, 2.45) is 0 Å². The highest BCUT2D eigenvalue weighted by atomic mass is 79.9. The first-order valence-electron chi connectivity index (χ1n) is 6.51. The number of rotatable bonds is 5. The zero-order chi connectivity index (χ0) is 13.7. The van der Waals surface area contributed by atoms with Crippen molar-refractivity contribution in [2.45, 2.75) is 31.8 Å². The monoisotopic (exact) mass is 389 g/mol. The van der Waals surface area contributed by atoms with Crippen LogP contribution in [-0.2, 0) is 4.74 Å². The van der Waals surface area contributed by atoms with Crippen LogP contribution in [-0.4, -0.2) is 25.2 Å². The first-order chi connectivity index (χ1) is 9.16. The molecule has 1 N–H and O–H groups in total. The number of nitrogens with one attached hydrogen (secondary N) is 1. The number of benzene rings is 1. The Hall–Kier alpha value is -0.390. The van der Waals surface area contributed by atoms with Crippen molar-refractivity contribution in [3.05, 3.63) is 32.7 Å². The lowest BCUT2D eigenvalue weighted by atomic mass is 10.2. The van der Waals surface area contributed by atoms with Crippen LogP contribution in [0.4, 0.5) is 0 Å². The van der Waals surface area contributed by atoms with Crippen molar-refractivity contribution in [1.82, 2.24) is 5.32 Å². The molecule has 1 aliphatic carbocycles. The quantitative estimate of drug-likeness (QED) is 0.774. The van der Waals surface area contributed by atoms with Crippen LogP contribution in [0.5, 0.6) is 0 Å². The van der Waals surface area contributed by atoms with Crippen molar-refractivity contribution < 1.29 is 9.53 Å². The third-order valence-corrected chi connectivity index (χ3v) is 4.40. The van der Waals surface area contributed by atoms with Gasteiger partial charge in [0.1, 0.15) is 0 Å². The normalized spacial score (nSPS) is 15.7. The van der Waals surface area contributed by atoms with Gasteiger partial charge in [-0.3, -0.25) is 4.79 Å². The summed E-state index contributed by atoms with van der Waals surface area (Å²) in [6.07, 6.45) is 5.25. The fourth-order valence-corrected chi connectivity index (χ4v) is 3.00. The highest BCUT2D eigenvalue weighted by Gasteiger charge is 2.15. The van der Waals surface area contributed by atoms with E-state index in [0.717, 1.165) is 21.8 Å². The van der Waals surface area contributed by atoms with Gasteiger partial charge in [-0.15, -0.1) is 0 Å². The zero-order valence-corrected chi connectivity index (χ0v) is 13.8. The molecular formula is C14H17Br2NO2. The van der Waals surface area contributed by atoms with E-state index in [-0.39, 0.29) is 5.91 Å². The lowest BCUT2D eigenvalue weighted by Gasteiger charge is -2.12. The van der Waals surface area contributed by atoms with E-state index < -0.39 is 0 Å². The van der Waals surface area contributed by atoms with Crippen molar-refractivity contribution >= 4 is 37.8 Å². The molecule has 2 rings (SSSR count). The van der Waals surface area contributed by atoms with Gasteiger partial charge in [-0.05, 0) is 47.0 Å². The highest BCUT2D eigenvalue weighted by Crippen LogP contribution is 2.22. The molecule has 1 aliphatic rings. The minimum absolute atomic E-state index is 0.0804. The Morgan fingerprint density at radius 3 is 2.79 bits per heavy atom. The maximum atomic E-state index is 12.0. The van der Waals surface area contributed by atoms with E-state index in [2.05, 4.69) is 37.2 Å². The smallest absolute Gasteiger partial charge is 0.252 e. The molecule has 0 saturated heterocycles. The molecule has 3 nitrogen and oxygen atoms in total. The molecule has 19 heavy (non-hydrogen) atoms. The molecule has 0 aromatic heterocycles. The van der Waals surface area contributed by atoms with Gasteiger partial charge in [0.2, 0.25) is 0 Å². The highest BCUT2D eigenvalue weighted by molar-refractivity contribution is 9.11. The summed E-state index contributed by atoms with van der Waals surface area (Å²) in [5.41, 5.74) is 0.634. The van der Waals surface area contributed by atoms with Crippen molar-refractivity contribution in [1.29, 1.82) is 0 Å². The Bertz CT molecular complexity index is 445. The average molecular weight is 391 g/mol. The molecule has 0 atom stereocenters. The second-order valence-electron chi connectivity index (χ2n) is 4.66. The van der Waals surface area contributed by atoms with Gasteiger partial charge in [0.05, 0.1) is 18.3 Å². The number of hydrogen-bond donors (Lipinski definition) is 1. The fourth-order valence-electron chi connectivity index (χ4n) is 2.21. The SMILES string of the molecule is O=C(NCCOC1CCCC1)c1cc(Br)ccc1Br. The van der Waals surface area contributed by atoms with E-state index in [0.29, 0.717) is 24.8 Å². The number of hydrogen-bond acceptors (Lipinski definition) is 2. The molecule has 1 amide bonds. The lowest BCUT2D eigenvalue weighted by molar-refractivity contribution is 0.0581. The summed E-state index contributed by atoms with van der Waals surface area (Å²) in [6.45, 7) is 1.14. The predicted octanol–water partition coefficient (Wildman–Crippen LogP) is 3.90. The summed E-state index contributed by atoms with van der Waals surface area (Å²) in [5, 5.41) is 2.88. The molecule has 0 unspecified atom stereocenters. The largest absolute Gasteiger partial charge is 0.376 e. The Balaban J connectivity index is 1.75. The van der Waals surface area contributed by atoms with Crippen LogP contribution in [0, 0.1) is 0 Å². The molecule has 0 bridgehead atoms. The molecule has 5 heteroatoms. The zero-order valence-electron chi connectivity index (χ0n) is 10.6. The number of carbonyl (C=O) groups is 1. The lowest BCUT2D eigenvalue weighted by Crippen LogP contribution is -2.28. The third-order valence-electron chi connectivity index (χ3n) is 3.22. The number of ether oxygens (including phenoxy) is 1. The van der Waals surface area contributed by atoms with Crippen LogP contribution in [0.1, 0.15) is 36.0 Å².